The Hall–Kier alpha value is -0.800. The molecular weight excluding hydrogens is 214 g/mol. The van der Waals surface area contributed by atoms with Crippen LogP contribution < -0.4 is 5.32 Å². The van der Waals surface area contributed by atoms with Crippen molar-refractivity contribution in [2.75, 3.05) is 13.7 Å². The first kappa shape index (κ1) is 14.3. The van der Waals surface area contributed by atoms with Gasteiger partial charge in [0.25, 0.3) is 0 Å². The van der Waals surface area contributed by atoms with E-state index < -0.39 is 0 Å². The second-order valence-corrected chi connectivity index (χ2v) is 4.37. The zero-order chi connectivity index (χ0) is 12.3. The molecule has 1 heterocycles. The van der Waals surface area contributed by atoms with Crippen molar-refractivity contribution in [3.63, 3.8) is 0 Å². The van der Waals surface area contributed by atoms with Crippen LogP contribution in [0.25, 0.3) is 0 Å². The molecule has 0 fully saturated rings. The van der Waals surface area contributed by atoms with Crippen molar-refractivity contribution < 1.29 is 9.15 Å². The van der Waals surface area contributed by atoms with Gasteiger partial charge in [0.1, 0.15) is 5.76 Å². The van der Waals surface area contributed by atoms with Crippen LogP contribution in [0.5, 0.6) is 0 Å². The number of rotatable bonds is 10. The Bertz CT molecular complexity index is 284. The van der Waals surface area contributed by atoms with Gasteiger partial charge in [-0.2, -0.15) is 0 Å². The largest absolute Gasteiger partial charge is 0.468 e. The first-order valence-electron chi connectivity index (χ1n) is 6.66. The van der Waals surface area contributed by atoms with Gasteiger partial charge < -0.3 is 14.5 Å². The predicted molar refractivity (Wildman–Crippen MR) is 69.9 cm³/mol. The van der Waals surface area contributed by atoms with Gasteiger partial charge in [-0.15, -0.1) is 0 Å². The van der Waals surface area contributed by atoms with Gasteiger partial charge in [-0.25, -0.2) is 0 Å². The minimum atomic E-state index is 0.668. The van der Waals surface area contributed by atoms with Crippen LogP contribution in [0.1, 0.15) is 50.4 Å². The summed E-state index contributed by atoms with van der Waals surface area (Å²) in [6, 6.07) is 1.99. The standard InChI is InChI=1S/C14H25NO2/c1-3-4-5-6-7-9-16-12-13-8-10-17-14(13)11-15-2/h8,10,15H,3-7,9,11-12H2,1-2H3. The Morgan fingerprint density at radius 3 is 2.82 bits per heavy atom. The Morgan fingerprint density at radius 1 is 1.24 bits per heavy atom. The molecule has 3 heteroatoms. The SMILES string of the molecule is CCCCCCCOCc1ccoc1CNC. The quantitative estimate of drug-likeness (QED) is 0.635. The smallest absolute Gasteiger partial charge is 0.123 e. The molecule has 0 saturated carbocycles. The van der Waals surface area contributed by atoms with E-state index in [9.17, 15) is 0 Å². The van der Waals surface area contributed by atoms with Crippen molar-refractivity contribution in [2.24, 2.45) is 0 Å². The minimum Gasteiger partial charge on any atom is -0.468 e. The maximum absolute atomic E-state index is 5.66. The summed E-state index contributed by atoms with van der Waals surface area (Å²) in [4.78, 5) is 0. The van der Waals surface area contributed by atoms with Gasteiger partial charge in [0.05, 0.1) is 19.4 Å². The van der Waals surface area contributed by atoms with Crippen LogP contribution in [-0.4, -0.2) is 13.7 Å². The van der Waals surface area contributed by atoms with Crippen molar-refractivity contribution in [3.05, 3.63) is 23.7 Å². The second kappa shape index (κ2) is 9.25. The van der Waals surface area contributed by atoms with E-state index in [2.05, 4.69) is 12.2 Å². The highest BCUT2D eigenvalue weighted by Gasteiger charge is 2.04. The minimum absolute atomic E-state index is 0.668. The molecule has 1 aromatic rings. The highest BCUT2D eigenvalue weighted by atomic mass is 16.5. The average molecular weight is 239 g/mol. The summed E-state index contributed by atoms with van der Waals surface area (Å²) >= 11 is 0. The number of nitrogens with one attached hydrogen (secondary N) is 1. The van der Waals surface area contributed by atoms with Gasteiger partial charge in [0.2, 0.25) is 0 Å². The molecule has 3 nitrogen and oxygen atoms in total. The lowest BCUT2D eigenvalue weighted by molar-refractivity contribution is 0.115. The van der Waals surface area contributed by atoms with Gasteiger partial charge in [-0.05, 0) is 19.5 Å². The molecule has 0 aliphatic carbocycles. The van der Waals surface area contributed by atoms with Crippen LogP contribution in [0, 0.1) is 0 Å². The van der Waals surface area contributed by atoms with Crippen LogP contribution in [0.4, 0.5) is 0 Å². The van der Waals surface area contributed by atoms with Gasteiger partial charge in [0.15, 0.2) is 0 Å². The molecule has 0 atom stereocenters. The maximum Gasteiger partial charge on any atom is 0.123 e. The van der Waals surface area contributed by atoms with Gasteiger partial charge in [-0.3, -0.25) is 0 Å². The third-order valence-corrected chi connectivity index (χ3v) is 2.82. The number of hydrogen-bond acceptors (Lipinski definition) is 3. The molecule has 98 valence electrons. The molecule has 0 radical (unpaired) electrons. The molecule has 1 aromatic heterocycles. The van der Waals surface area contributed by atoms with E-state index in [1.165, 1.54) is 32.1 Å². The third kappa shape index (κ3) is 5.89. The Kier molecular flexibility index (Phi) is 7.76. The van der Waals surface area contributed by atoms with E-state index in [1.54, 1.807) is 6.26 Å². The highest BCUT2D eigenvalue weighted by molar-refractivity contribution is 5.15. The fourth-order valence-corrected chi connectivity index (χ4v) is 1.80. The van der Waals surface area contributed by atoms with Crippen LogP contribution in [0.15, 0.2) is 16.7 Å². The van der Waals surface area contributed by atoms with E-state index in [0.717, 1.165) is 24.5 Å². The average Bonchev–Trinajstić information content (AvgIpc) is 2.76. The zero-order valence-corrected chi connectivity index (χ0v) is 11.1. The zero-order valence-electron chi connectivity index (χ0n) is 11.1. The summed E-state index contributed by atoms with van der Waals surface area (Å²) in [6.45, 7) is 4.52. The lowest BCUT2D eigenvalue weighted by atomic mass is 10.2. The highest BCUT2D eigenvalue weighted by Crippen LogP contribution is 2.12. The van der Waals surface area contributed by atoms with Gasteiger partial charge in [-0.1, -0.05) is 32.6 Å². The number of hydrogen-bond donors (Lipinski definition) is 1. The molecule has 17 heavy (non-hydrogen) atoms. The third-order valence-electron chi connectivity index (χ3n) is 2.82. The number of ether oxygens (including phenoxy) is 1. The van der Waals surface area contributed by atoms with Crippen molar-refractivity contribution in [3.8, 4) is 0 Å². The molecule has 0 aromatic carbocycles. The summed E-state index contributed by atoms with van der Waals surface area (Å²) in [5.74, 6) is 0.985. The van der Waals surface area contributed by atoms with Crippen LogP contribution in [0.2, 0.25) is 0 Å². The Balaban J connectivity index is 2.07. The lowest BCUT2D eigenvalue weighted by Crippen LogP contribution is -2.06. The predicted octanol–water partition coefficient (Wildman–Crippen LogP) is 3.49. The van der Waals surface area contributed by atoms with E-state index in [4.69, 9.17) is 9.15 Å². The molecule has 0 bridgehead atoms. The summed E-state index contributed by atoms with van der Waals surface area (Å²) in [5.41, 5.74) is 1.16. The fourth-order valence-electron chi connectivity index (χ4n) is 1.80. The lowest BCUT2D eigenvalue weighted by Gasteiger charge is -2.04. The van der Waals surface area contributed by atoms with E-state index in [0.29, 0.717) is 6.61 Å². The molecule has 1 rings (SSSR count). The normalized spacial score (nSPS) is 10.9. The van der Waals surface area contributed by atoms with Crippen molar-refractivity contribution in [1.82, 2.24) is 5.32 Å². The summed E-state index contributed by atoms with van der Waals surface area (Å²) < 4.78 is 11.0. The molecule has 0 saturated heterocycles. The Morgan fingerprint density at radius 2 is 2.06 bits per heavy atom. The van der Waals surface area contributed by atoms with Crippen molar-refractivity contribution in [2.45, 2.75) is 52.2 Å². The van der Waals surface area contributed by atoms with Crippen LogP contribution in [-0.2, 0) is 17.9 Å². The number of furan rings is 1. The van der Waals surface area contributed by atoms with E-state index in [-0.39, 0.29) is 0 Å². The summed E-state index contributed by atoms with van der Waals surface area (Å²) in [7, 11) is 1.92. The molecule has 0 aliphatic heterocycles. The first-order chi connectivity index (χ1) is 8.38. The van der Waals surface area contributed by atoms with Crippen LogP contribution >= 0.6 is 0 Å². The fraction of sp³-hybridized carbons (Fsp3) is 0.714. The second-order valence-electron chi connectivity index (χ2n) is 4.37. The maximum atomic E-state index is 5.66. The van der Waals surface area contributed by atoms with Crippen molar-refractivity contribution in [1.29, 1.82) is 0 Å². The Labute approximate surface area is 105 Å². The first-order valence-corrected chi connectivity index (χ1v) is 6.66. The van der Waals surface area contributed by atoms with E-state index in [1.807, 2.05) is 13.1 Å². The van der Waals surface area contributed by atoms with Gasteiger partial charge >= 0.3 is 0 Å². The molecule has 0 amide bonds. The summed E-state index contributed by atoms with van der Waals surface area (Å²) in [5, 5.41) is 3.09. The molecule has 0 unspecified atom stereocenters. The van der Waals surface area contributed by atoms with E-state index >= 15 is 0 Å². The molecule has 0 aliphatic rings. The van der Waals surface area contributed by atoms with Gasteiger partial charge in [0, 0.05) is 12.2 Å². The topological polar surface area (TPSA) is 34.4 Å². The molecule has 0 spiro atoms. The monoisotopic (exact) mass is 239 g/mol. The molecule has 1 N–H and O–H groups in total. The summed E-state index contributed by atoms with van der Waals surface area (Å²) in [6.07, 6.45) is 8.14. The van der Waals surface area contributed by atoms with Crippen LogP contribution in [0.3, 0.4) is 0 Å². The molecular formula is C14H25NO2. The number of unbranched alkanes of at least 4 members (excludes halogenated alkanes) is 4. The van der Waals surface area contributed by atoms with Crippen molar-refractivity contribution >= 4 is 0 Å².